The highest BCUT2D eigenvalue weighted by atomic mass is 32.1. The Morgan fingerprint density at radius 1 is 0.370 bits per heavy atom. The van der Waals surface area contributed by atoms with Gasteiger partial charge in [0.1, 0.15) is 11.2 Å². The number of fused-ring (bicyclic) bond motifs is 8. The zero-order chi connectivity index (χ0) is 30.2. The van der Waals surface area contributed by atoms with Crippen molar-refractivity contribution in [3.8, 4) is 34.2 Å². The maximum absolute atomic E-state index is 6.41. The molecular weight excluding hydrogens is 583 g/mol. The fourth-order valence-electron chi connectivity index (χ4n) is 6.56. The predicted octanol–water partition coefficient (Wildman–Crippen LogP) is 11.4. The Hall–Kier alpha value is -5.91. The summed E-state index contributed by atoms with van der Waals surface area (Å²) in [6.07, 6.45) is 0. The molecule has 10 aromatic rings. The molecule has 0 aliphatic rings. The van der Waals surface area contributed by atoms with Crippen molar-refractivity contribution in [1.29, 1.82) is 0 Å². The fraction of sp³-hybridized carbons (Fsp3) is 0. The SMILES string of the molecule is c1ccc2cc(-c3nc(-c4ccc5c(c4)oc4cc6ccccc6cc45)nc(-c4ccc5c(c4)sc4ccccc45)n3)ccc2c1. The van der Waals surface area contributed by atoms with E-state index in [1.54, 1.807) is 11.3 Å². The van der Waals surface area contributed by atoms with E-state index in [9.17, 15) is 0 Å². The number of furan rings is 1. The van der Waals surface area contributed by atoms with Crippen LogP contribution in [0.25, 0.3) is 97.8 Å². The van der Waals surface area contributed by atoms with Crippen LogP contribution in [0, 0.1) is 0 Å². The van der Waals surface area contributed by atoms with Crippen LogP contribution in [0.1, 0.15) is 0 Å². The molecule has 0 atom stereocenters. The molecule has 0 saturated heterocycles. The van der Waals surface area contributed by atoms with Gasteiger partial charge in [-0.25, -0.2) is 15.0 Å². The maximum atomic E-state index is 6.41. The van der Waals surface area contributed by atoms with Gasteiger partial charge in [0.05, 0.1) is 0 Å². The lowest BCUT2D eigenvalue weighted by Gasteiger charge is -2.09. The number of rotatable bonds is 3. The average Bonchev–Trinajstić information content (AvgIpc) is 3.67. The van der Waals surface area contributed by atoms with Gasteiger partial charge in [0, 0.05) is 47.6 Å². The predicted molar refractivity (Wildman–Crippen MR) is 191 cm³/mol. The van der Waals surface area contributed by atoms with Gasteiger partial charge in [-0.3, -0.25) is 0 Å². The first-order valence-corrected chi connectivity index (χ1v) is 16.1. The minimum atomic E-state index is 0.608. The molecule has 3 heterocycles. The van der Waals surface area contributed by atoms with Crippen LogP contribution in [-0.4, -0.2) is 15.0 Å². The third-order valence-electron chi connectivity index (χ3n) is 8.88. The highest BCUT2D eigenvalue weighted by Crippen LogP contribution is 2.38. The van der Waals surface area contributed by atoms with E-state index in [1.807, 2.05) is 0 Å². The van der Waals surface area contributed by atoms with Crippen molar-refractivity contribution in [1.82, 2.24) is 15.0 Å². The summed E-state index contributed by atoms with van der Waals surface area (Å²) in [5, 5.41) is 9.37. The molecule has 0 saturated carbocycles. The molecule has 0 radical (unpaired) electrons. The second-order valence-corrected chi connectivity index (χ2v) is 12.8. The lowest BCUT2D eigenvalue weighted by Crippen LogP contribution is -2.00. The molecule has 0 amide bonds. The maximum Gasteiger partial charge on any atom is 0.164 e. The zero-order valence-electron chi connectivity index (χ0n) is 24.4. The molecule has 46 heavy (non-hydrogen) atoms. The molecule has 10 rings (SSSR count). The van der Waals surface area contributed by atoms with Crippen LogP contribution >= 0.6 is 11.3 Å². The van der Waals surface area contributed by atoms with Gasteiger partial charge < -0.3 is 4.42 Å². The van der Waals surface area contributed by atoms with Crippen LogP contribution in [0.3, 0.4) is 0 Å². The molecule has 0 aliphatic carbocycles. The third-order valence-corrected chi connectivity index (χ3v) is 10.0. The second kappa shape index (κ2) is 9.80. The summed E-state index contributed by atoms with van der Waals surface area (Å²) in [5.74, 6) is 1.89. The largest absolute Gasteiger partial charge is 0.456 e. The van der Waals surface area contributed by atoms with Crippen molar-refractivity contribution >= 4 is 75.0 Å². The molecule has 0 fully saturated rings. The fourth-order valence-corrected chi connectivity index (χ4v) is 7.70. The summed E-state index contributed by atoms with van der Waals surface area (Å²) in [5.41, 5.74) is 4.47. The van der Waals surface area contributed by atoms with Gasteiger partial charge >= 0.3 is 0 Å². The average molecular weight is 606 g/mol. The minimum Gasteiger partial charge on any atom is -0.456 e. The van der Waals surface area contributed by atoms with Gasteiger partial charge in [-0.15, -0.1) is 11.3 Å². The van der Waals surface area contributed by atoms with Crippen molar-refractivity contribution < 1.29 is 4.42 Å². The van der Waals surface area contributed by atoms with Crippen LogP contribution in [0.2, 0.25) is 0 Å². The summed E-state index contributed by atoms with van der Waals surface area (Å²) in [7, 11) is 0. The van der Waals surface area contributed by atoms with E-state index in [1.165, 1.54) is 30.9 Å². The Bertz CT molecular complexity index is 2830. The Labute approximate surface area is 267 Å². The number of benzene rings is 7. The van der Waals surface area contributed by atoms with Crippen molar-refractivity contribution in [3.05, 3.63) is 140 Å². The Morgan fingerprint density at radius 3 is 1.70 bits per heavy atom. The van der Waals surface area contributed by atoms with Crippen molar-refractivity contribution in [2.45, 2.75) is 0 Å². The van der Waals surface area contributed by atoms with Crippen molar-refractivity contribution in [3.63, 3.8) is 0 Å². The van der Waals surface area contributed by atoms with Gasteiger partial charge in [0.2, 0.25) is 0 Å². The normalized spacial score (nSPS) is 11.9. The third kappa shape index (κ3) is 4.03. The summed E-state index contributed by atoms with van der Waals surface area (Å²) in [4.78, 5) is 15.2. The van der Waals surface area contributed by atoms with Gasteiger partial charge in [0.25, 0.3) is 0 Å². The van der Waals surface area contributed by atoms with Crippen molar-refractivity contribution in [2.75, 3.05) is 0 Å². The van der Waals surface area contributed by atoms with E-state index in [4.69, 9.17) is 19.4 Å². The Kier molecular flexibility index (Phi) is 5.41. The van der Waals surface area contributed by atoms with Crippen LogP contribution in [0.15, 0.2) is 144 Å². The monoisotopic (exact) mass is 605 g/mol. The molecule has 4 nitrogen and oxygen atoms in total. The molecule has 7 aromatic carbocycles. The topological polar surface area (TPSA) is 51.8 Å². The van der Waals surface area contributed by atoms with Crippen LogP contribution < -0.4 is 0 Å². The molecule has 214 valence electrons. The molecule has 5 heteroatoms. The van der Waals surface area contributed by atoms with Crippen LogP contribution in [-0.2, 0) is 0 Å². The first-order valence-electron chi connectivity index (χ1n) is 15.3. The Morgan fingerprint density at radius 2 is 0.913 bits per heavy atom. The van der Waals surface area contributed by atoms with Gasteiger partial charge in [0.15, 0.2) is 17.5 Å². The second-order valence-electron chi connectivity index (χ2n) is 11.7. The standard InChI is InChI=1S/C41H23N3OS/c1-2-8-25-19-28(14-13-24(25)7-1)39-42-40(44-41(43-39)30-16-18-33-32-11-5-6-12-37(32)46-38(33)23-30)29-15-17-31-34-20-26-9-3-4-10-27(26)21-36(34)45-35(31)22-29/h1-23H. The lowest BCUT2D eigenvalue weighted by molar-refractivity contribution is 0.669. The molecule has 0 bridgehead atoms. The van der Waals surface area contributed by atoms with E-state index in [0.29, 0.717) is 17.5 Å². The smallest absolute Gasteiger partial charge is 0.164 e. The van der Waals surface area contributed by atoms with E-state index in [-0.39, 0.29) is 0 Å². The lowest BCUT2D eigenvalue weighted by atomic mass is 10.0. The number of thiophene rings is 1. The quantitative estimate of drug-likeness (QED) is 0.201. The summed E-state index contributed by atoms with van der Waals surface area (Å²) >= 11 is 1.79. The Balaban J connectivity index is 1.17. The highest BCUT2D eigenvalue weighted by Gasteiger charge is 2.16. The molecule has 3 aromatic heterocycles. The zero-order valence-corrected chi connectivity index (χ0v) is 25.3. The summed E-state index contributed by atoms with van der Waals surface area (Å²) in [6.45, 7) is 0. The molecule has 0 aliphatic heterocycles. The number of nitrogens with zero attached hydrogens (tertiary/aromatic N) is 3. The van der Waals surface area contributed by atoms with Crippen LogP contribution in [0.5, 0.6) is 0 Å². The highest BCUT2D eigenvalue weighted by molar-refractivity contribution is 7.25. The number of aromatic nitrogens is 3. The van der Waals surface area contributed by atoms with Gasteiger partial charge in [-0.05, 0) is 64.0 Å². The first-order chi connectivity index (χ1) is 22.7. The van der Waals surface area contributed by atoms with Gasteiger partial charge in [-0.1, -0.05) is 97.1 Å². The number of hydrogen-bond acceptors (Lipinski definition) is 5. The van der Waals surface area contributed by atoms with E-state index < -0.39 is 0 Å². The minimum absolute atomic E-state index is 0.608. The summed E-state index contributed by atoms with van der Waals surface area (Å²) in [6, 6.07) is 48.8. The first kappa shape index (κ1) is 25.4. The van der Waals surface area contributed by atoms with Gasteiger partial charge in [-0.2, -0.15) is 0 Å². The molecule has 0 unspecified atom stereocenters. The van der Waals surface area contributed by atoms with E-state index in [2.05, 4.69) is 140 Å². The molecule has 0 spiro atoms. The van der Waals surface area contributed by atoms with E-state index in [0.717, 1.165) is 49.4 Å². The van der Waals surface area contributed by atoms with Crippen molar-refractivity contribution in [2.24, 2.45) is 0 Å². The summed E-state index contributed by atoms with van der Waals surface area (Å²) < 4.78 is 8.89. The molecule has 0 N–H and O–H groups in total. The van der Waals surface area contributed by atoms with Crippen LogP contribution in [0.4, 0.5) is 0 Å². The van der Waals surface area contributed by atoms with E-state index >= 15 is 0 Å². The molecular formula is C41H23N3OS. The number of hydrogen-bond donors (Lipinski definition) is 0.